The quantitative estimate of drug-likeness (QED) is 0.738. The van der Waals surface area contributed by atoms with Gasteiger partial charge in [0, 0.05) is 25.9 Å². The SMILES string of the molecule is CCCCOC(=O)N1CCC2(CCC(=O)CC2)CC1. The molecule has 0 aromatic rings. The second-order valence-corrected chi connectivity index (χ2v) is 5.99. The third-order valence-electron chi connectivity index (χ3n) is 4.67. The predicted octanol–water partition coefficient (Wildman–Crippen LogP) is 3.15. The highest BCUT2D eigenvalue weighted by atomic mass is 16.6. The highest BCUT2D eigenvalue weighted by Gasteiger charge is 2.38. The summed E-state index contributed by atoms with van der Waals surface area (Å²) in [5, 5.41) is 0. The van der Waals surface area contributed by atoms with Gasteiger partial charge in [-0.2, -0.15) is 0 Å². The van der Waals surface area contributed by atoms with E-state index < -0.39 is 0 Å². The predicted molar refractivity (Wildman–Crippen MR) is 73.0 cm³/mol. The van der Waals surface area contributed by atoms with Crippen LogP contribution in [-0.2, 0) is 9.53 Å². The van der Waals surface area contributed by atoms with Crippen molar-refractivity contribution in [2.45, 2.75) is 58.3 Å². The third-order valence-corrected chi connectivity index (χ3v) is 4.67. The molecule has 1 saturated heterocycles. The Balaban J connectivity index is 1.75. The van der Waals surface area contributed by atoms with Crippen molar-refractivity contribution in [2.24, 2.45) is 5.41 Å². The number of amides is 1. The Kier molecular flexibility index (Phi) is 4.83. The molecule has 19 heavy (non-hydrogen) atoms. The van der Waals surface area contributed by atoms with E-state index in [1.165, 1.54) is 0 Å². The van der Waals surface area contributed by atoms with Gasteiger partial charge in [-0.1, -0.05) is 13.3 Å². The summed E-state index contributed by atoms with van der Waals surface area (Å²) in [5.41, 5.74) is 0.327. The summed E-state index contributed by atoms with van der Waals surface area (Å²) in [5.74, 6) is 0.409. The standard InChI is InChI=1S/C15H25NO3/c1-2-3-12-19-14(18)16-10-8-15(9-11-16)6-4-13(17)5-7-15/h2-12H2,1H3. The fourth-order valence-electron chi connectivity index (χ4n) is 3.12. The van der Waals surface area contributed by atoms with Crippen LogP contribution in [0.15, 0.2) is 0 Å². The number of unbranched alkanes of at least 4 members (excludes halogenated alkanes) is 1. The molecule has 0 N–H and O–H groups in total. The number of nitrogens with zero attached hydrogens (tertiary/aromatic N) is 1. The molecule has 4 heteroatoms. The van der Waals surface area contributed by atoms with E-state index in [1.54, 1.807) is 0 Å². The van der Waals surface area contributed by atoms with Crippen molar-refractivity contribution in [1.29, 1.82) is 0 Å². The average molecular weight is 267 g/mol. The van der Waals surface area contributed by atoms with Crippen LogP contribution in [-0.4, -0.2) is 36.5 Å². The zero-order valence-electron chi connectivity index (χ0n) is 12.0. The second-order valence-electron chi connectivity index (χ2n) is 5.99. The van der Waals surface area contributed by atoms with Gasteiger partial charge in [0.05, 0.1) is 6.61 Å². The normalized spacial score (nSPS) is 22.6. The monoisotopic (exact) mass is 267 g/mol. The van der Waals surface area contributed by atoms with Gasteiger partial charge in [-0.15, -0.1) is 0 Å². The maximum absolute atomic E-state index is 11.8. The van der Waals surface area contributed by atoms with Crippen LogP contribution < -0.4 is 0 Å². The van der Waals surface area contributed by atoms with Crippen LogP contribution in [0.3, 0.4) is 0 Å². The summed E-state index contributed by atoms with van der Waals surface area (Å²) in [6, 6.07) is 0. The van der Waals surface area contributed by atoms with Crippen molar-refractivity contribution in [2.75, 3.05) is 19.7 Å². The number of hydrogen-bond acceptors (Lipinski definition) is 3. The Labute approximate surface area is 115 Å². The van der Waals surface area contributed by atoms with Crippen LogP contribution in [0.4, 0.5) is 4.79 Å². The molecule has 108 valence electrons. The van der Waals surface area contributed by atoms with Gasteiger partial charge in [-0.05, 0) is 37.5 Å². The molecule has 2 rings (SSSR count). The van der Waals surface area contributed by atoms with Gasteiger partial charge < -0.3 is 9.64 Å². The Hall–Kier alpha value is -1.06. The number of rotatable bonds is 3. The summed E-state index contributed by atoms with van der Waals surface area (Å²) in [7, 11) is 0. The minimum absolute atomic E-state index is 0.157. The van der Waals surface area contributed by atoms with E-state index in [9.17, 15) is 9.59 Å². The molecule has 0 bridgehead atoms. The first-order valence-corrected chi connectivity index (χ1v) is 7.59. The minimum atomic E-state index is -0.157. The molecule has 4 nitrogen and oxygen atoms in total. The zero-order chi connectivity index (χ0) is 13.7. The third kappa shape index (κ3) is 3.71. The maximum atomic E-state index is 11.8. The van der Waals surface area contributed by atoms with Crippen LogP contribution in [0.1, 0.15) is 58.3 Å². The van der Waals surface area contributed by atoms with E-state index in [2.05, 4.69) is 6.92 Å². The lowest BCUT2D eigenvalue weighted by atomic mass is 9.68. The molecular weight excluding hydrogens is 242 g/mol. The van der Waals surface area contributed by atoms with Gasteiger partial charge in [0.1, 0.15) is 5.78 Å². The van der Waals surface area contributed by atoms with E-state index in [0.717, 1.165) is 64.5 Å². The molecule has 2 fully saturated rings. The molecule has 1 aliphatic carbocycles. The molecule has 1 aliphatic heterocycles. The second kappa shape index (κ2) is 6.40. The molecule has 1 saturated carbocycles. The van der Waals surface area contributed by atoms with E-state index in [0.29, 0.717) is 17.8 Å². The Morgan fingerprint density at radius 2 is 1.84 bits per heavy atom. The number of ether oxygens (including phenoxy) is 1. The summed E-state index contributed by atoms with van der Waals surface area (Å²) in [4.78, 5) is 25.0. The maximum Gasteiger partial charge on any atom is 0.409 e. The van der Waals surface area contributed by atoms with E-state index in [-0.39, 0.29) is 6.09 Å². The van der Waals surface area contributed by atoms with Crippen molar-refractivity contribution in [3.05, 3.63) is 0 Å². The number of Topliss-reactive ketones (excluding diaryl/α,β-unsaturated/α-hetero) is 1. The fraction of sp³-hybridized carbons (Fsp3) is 0.867. The van der Waals surface area contributed by atoms with Crippen LogP contribution in [0.2, 0.25) is 0 Å². The molecule has 0 unspecified atom stereocenters. The molecule has 0 radical (unpaired) electrons. The fourth-order valence-corrected chi connectivity index (χ4v) is 3.12. The van der Waals surface area contributed by atoms with Gasteiger partial charge in [-0.25, -0.2) is 4.79 Å². The number of carbonyl (C=O) groups excluding carboxylic acids is 2. The first-order chi connectivity index (χ1) is 9.15. The van der Waals surface area contributed by atoms with Crippen LogP contribution in [0.25, 0.3) is 0 Å². The van der Waals surface area contributed by atoms with Gasteiger partial charge in [-0.3, -0.25) is 4.79 Å². The summed E-state index contributed by atoms with van der Waals surface area (Å²) in [6.45, 7) is 4.20. The molecule has 0 atom stereocenters. The molecule has 0 aromatic carbocycles. The smallest absolute Gasteiger partial charge is 0.409 e. The highest BCUT2D eigenvalue weighted by molar-refractivity contribution is 5.79. The Bertz CT molecular complexity index is 320. The van der Waals surface area contributed by atoms with E-state index >= 15 is 0 Å². The largest absolute Gasteiger partial charge is 0.449 e. The van der Waals surface area contributed by atoms with Crippen LogP contribution in [0.5, 0.6) is 0 Å². The van der Waals surface area contributed by atoms with Crippen LogP contribution in [0, 0.1) is 5.41 Å². The lowest BCUT2D eigenvalue weighted by Gasteiger charge is -2.43. The molecule has 1 heterocycles. The molecular formula is C15H25NO3. The minimum Gasteiger partial charge on any atom is -0.449 e. The Morgan fingerprint density at radius 1 is 1.21 bits per heavy atom. The summed E-state index contributed by atoms with van der Waals surface area (Å²) < 4.78 is 5.25. The first kappa shape index (κ1) is 14.4. The lowest BCUT2D eigenvalue weighted by molar-refractivity contribution is -0.123. The van der Waals surface area contributed by atoms with Crippen LogP contribution >= 0.6 is 0 Å². The van der Waals surface area contributed by atoms with Gasteiger partial charge in [0.15, 0.2) is 0 Å². The van der Waals surface area contributed by atoms with Gasteiger partial charge in [0.25, 0.3) is 0 Å². The van der Waals surface area contributed by atoms with Crippen molar-refractivity contribution >= 4 is 11.9 Å². The molecule has 1 spiro atoms. The lowest BCUT2D eigenvalue weighted by Crippen LogP contribution is -2.44. The zero-order valence-corrected chi connectivity index (χ0v) is 12.0. The topological polar surface area (TPSA) is 46.6 Å². The highest BCUT2D eigenvalue weighted by Crippen LogP contribution is 2.43. The first-order valence-electron chi connectivity index (χ1n) is 7.59. The molecule has 2 aliphatic rings. The molecule has 1 amide bonds. The summed E-state index contributed by atoms with van der Waals surface area (Å²) >= 11 is 0. The Morgan fingerprint density at radius 3 is 2.42 bits per heavy atom. The average Bonchev–Trinajstić information content (AvgIpc) is 2.43. The number of carbonyl (C=O) groups is 2. The van der Waals surface area contributed by atoms with Crippen molar-refractivity contribution in [3.8, 4) is 0 Å². The number of piperidine rings is 1. The van der Waals surface area contributed by atoms with Crippen molar-refractivity contribution in [1.82, 2.24) is 4.90 Å². The van der Waals surface area contributed by atoms with Crippen molar-refractivity contribution < 1.29 is 14.3 Å². The van der Waals surface area contributed by atoms with E-state index in [4.69, 9.17) is 4.74 Å². The van der Waals surface area contributed by atoms with Gasteiger partial charge in [0.2, 0.25) is 0 Å². The van der Waals surface area contributed by atoms with E-state index in [1.807, 2.05) is 4.90 Å². The van der Waals surface area contributed by atoms with Gasteiger partial charge >= 0.3 is 6.09 Å². The van der Waals surface area contributed by atoms with Crippen molar-refractivity contribution in [3.63, 3.8) is 0 Å². The number of likely N-dealkylation sites (tertiary alicyclic amines) is 1. The number of ketones is 1. The number of hydrogen-bond donors (Lipinski definition) is 0. The summed E-state index contributed by atoms with van der Waals surface area (Å²) in [6.07, 6.45) is 7.40. The molecule has 0 aromatic heterocycles.